The molecule has 6 nitrogen and oxygen atoms in total. The van der Waals surface area contributed by atoms with Crippen LogP contribution < -0.4 is 5.32 Å². The molecule has 0 aliphatic carbocycles. The molecule has 1 aliphatic rings. The number of hydrogen-bond donors (Lipinski definition) is 1. The van der Waals surface area contributed by atoms with Crippen LogP contribution in [-0.2, 0) is 20.9 Å². The molecule has 1 atom stereocenters. The standard InChI is InChI=1S/C12H15N3O3/c1-18-12(17)10-7-15(8-11(16)14-10)6-9-4-2-3-5-13-9/h2-5,10H,6-8H2,1H3,(H,14,16). The summed E-state index contributed by atoms with van der Waals surface area (Å²) in [5.74, 6) is -0.596. The van der Waals surface area contributed by atoms with Crippen LogP contribution in [0.1, 0.15) is 5.69 Å². The Balaban J connectivity index is 2.00. The van der Waals surface area contributed by atoms with Gasteiger partial charge in [0.25, 0.3) is 0 Å². The van der Waals surface area contributed by atoms with Crippen LogP contribution in [-0.4, -0.2) is 48.0 Å². The first kappa shape index (κ1) is 12.5. The number of aromatic nitrogens is 1. The molecule has 0 spiro atoms. The molecule has 2 rings (SSSR count). The highest BCUT2D eigenvalue weighted by Crippen LogP contribution is 2.06. The number of piperazine rings is 1. The number of carbonyl (C=O) groups is 2. The highest BCUT2D eigenvalue weighted by molar-refractivity contribution is 5.86. The van der Waals surface area contributed by atoms with Gasteiger partial charge in [-0.3, -0.25) is 14.7 Å². The molecule has 1 saturated heterocycles. The molecular weight excluding hydrogens is 234 g/mol. The highest BCUT2D eigenvalue weighted by Gasteiger charge is 2.30. The zero-order valence-electron chi connectivity index (χ0n) is 10.1. The average Bonchev–Trinajstić information content (AvgIpc) is 2.38. The van der Waals surface area contributed by atoms with Gasteiger partial charge in [-0.1, -0.05) is 6.07 Å². The van der Waals surface area contributed by atoms with Gasteiger partial charge in [0.1, 0.15) is 6.04 Å². The minimum absolute atomic E-state index is 0.174. The van der Waals surface area contributed by atoms with E-state index in [-0.39, 0.29) is 12.5 Å². The van der Waals surface area contributed by atoms with Gasteiger partial charge in [-0.15, -0.1) is 0 Å². The molecule has 1 aromatic heterocycles. The van der Waals surface area contributed by atoms with Gasteiger partial charge >= 0.3 is 5.97 Å². The topological polar surface area (TPSA) is 71.5 Å². The first-order valence-corrected chi connectivity index (χ1v) is 5.68. The van der Waals surface area contributed by atoms with E-state index in [2.05, 4.69) is 15.0 Å². The summed E-state index contributed by atoms with van der Waals surface area (Å²) in [6.45, 7) is 1.25. The highest BCUT2D eigenvalue weighted by atomic mass is 16.5. The van der Waals surface area contributed by atoms with E-state index >= 15 is 0 Å². The second-order valence-electron chi connectivity index (χ2n) is 4.13. The lowest BCUT2D eigenvalue weighted by atomic mass is 10.2. The lowest BCUT2D eigenvalue weighted by molar-refractivity contribution is -0.147. The van der Waals surface area contributed by atoms with E-state index in [0.29, 0.717) is 13.1 Å². The predicted octanol–water partition coefficient (Wildman–Crippen LogP) is -0.445. The monoisotopic (exact) mass is 249 g/mol. The van der Waals surface area contributed by atoms with Crippen LogP contribution in [0.2, 0.25) is 0 Å². The fourth-order valence-corrected chi connectivity index (χ4v) is 1.93. The van der Waals surface area contributed by atoms with Crippen molar-refractivity contribution in [3.8, 4) is 0 Å². The SMILES string of the molecule is COC(=O)C1CN(Cc2ccccn2)CC(=O)N1. The average molecular weight is 249 g/mol. The number of ether oxygens (including phenoxy) is 1. The van der Waals surface area contributed by atoms with Crippen molar-refractivity contribution in [2.24, 2.45) is 0 Å². The molecular formula is C12H15N3O3. The summed E-state index contributed by atoms with van der Waals surface area (Å²) in [5, 5.41) is 2.61. The van der Waals surface area contributed by atoms with Crippen molar-refractivity contribution in [1.29, 1.82) is 0 Å². The van der Waals surface area contributed by atoms with Gasteiger partial charge in [-0.25, -0.2) is 4.79 Å². The van der Waals surface area contributed by atoms with Crippen LogP contribution in [0.25, 0.3) is 0 Å². The van der Waals surface area contributed by atoms with E-state index in [1.165, 1.54) is 7.11 Å². The molecule has 0 saturated carbocycles. The van der Waals surface area contributed by atoms with E-state index in [9.17, 15) is 9.59 Å². The van der Waals surface area contributed by atoms with Crippen LogP contribution in [0, 0.1) is 0 Å². The number of pyridine rings is 1. The smallest absolute Gasteiger partial charge is 0.329 e. The number of esters is 1. The molecule has 18 heavy (non-hydrogen) atoms. The van der Waals surface area contributed by atoms with E-state index in [4.69, 9.17) is 0 Å². The fourth-order valence-electron chi connectivity index (χ4n) is 1.93. The van der Waals surface area contributed by atoms with Crippen molar-refractivity contribution in [1.82, 2.24) is 15.2 Å². The van der Waals surface area contributed by atoms with E-state index in [1.54, 1.807) is 6.20 Å². The number of amides is 1. The number of rotatable bonds is 3. The predicted molar refractivity (Wildman–Crippen MR) is 63.5 cm³/mol. The van der Waals surface area contributed by atoms with Crippen molar-refractivity contribution in [3.63, 3.8) is 0 Å². The van der Waals surface area contributed by atoms with Crippen molar-refractivity contribution in [3.05, 3.63) is 30.1 Å². The van der Waals surface area contributed by atoms with Gasteiger partial charge < -0.3 is 10.1 Å². The molecule has 0 aromatic carbocycles. The number of methoxy groups -OCH3 is 1. The molecule has 1 unspecified atom stereocenters. The zero-order chi connectivity index (χ0) is 13.0. The number of nitrogens with one attached hydrogen (secondary N) is 1. The summed E-state index contributed by atoms with van der Waals surface area (Å²) in [6.07, 6.45) is 1.71. The van der Waals surface area contributed by atoms with Crippen LogP contribution in [0.15, 0.2) is 24.4 Å². The quantitative estimate of drug-likeness (QED) is 0.735. The van der Waals surface area contributed by atoms with Gasteiger partial charge in [0.2, 0.25) is 5.91 Å². The largest absolute Gasteiger partial charge is 0.467 e. The minimum Gasteiger partial charge on any atom is -0.467 e. The van der Waals surface area contributed by atoms with Gasteiger partial charge in [0, 0.05) is 19.3 Å². The maximum atomic E-state index is 11.5. The number of carbonyl (C=O) groups excluding carboxylic acids is 2. The maximum Gasteiger partial charge on any atom is 0.329 e. The molecule has 1 N–H and O–H groups in total. The Morgan fingerprint density at radius 3 is 3.11 bits per heavy atom. The third-order valence-corrected chi connectivity index (χ3v) is 2.74. The summed E-state index contributed by atoms with van der Waals surface area (Å²) < 4.78 is 4.64. The molecule has 0 radical (unpaired) electrons. The Bertz CT molecular complexity index is 435. The Morgan fingerprint density at radius 2 is 2.44 bits per heavy atom. The Hall–Kier alpha value is -1.95. The fraction of sp³-hybridized carbons (Fsp3) is 0.417. The second-order valence-corrected chi connectivity index (χ2v) is 4.13. The van der Waals surface area contributed by atoms with Gasteiger partial charge in [0.05, 0.1) is 19.3 Å². The maximum absolute atomic E-state index is 11.5. The van der Waals surface area contributed by atoms with Gasteiger partial charge in [-0.05, 0) is 12.1 Å². The molecule has 1 aromatic rings. The van der Waals surface area contributed by atoms with E-state index < -0.39 is 12.0 Å². The third kappa shape index (κ3) is 3.04. The zero-order valence-corrected chi connectivity index (χ0v) is 10.1. The van der Waals surface area contributed by atoms with Crippen molar-refractivity contribution >= 4 is 11.9 Å². The lowest BCUT2D eigenvalue weighted by Gasteiger charge is -2.31. The second kappa shape index (κ2) is 5.59. The van der Waals surface area contributed by atoms with Crippen LogP contribution >= 0.6 is 0 Å². The normalized spacial score (nSPS) is 20.3. The molecule has 1 amide bonds. The number of hydrogen-bond acceptors (Lipinski definition) is 5. The van der Waals surface area contributed by atoms with Crippen LogP contribution in [0.3, 0.4) is 0 Å². The summed E-state index contributed by atoms with van der Waals surface area (Å²) >= 11 is 0. The summed E-state index contributed by atoms with van der Waals surface area (Å²) in [6, 6.07) is 5.02. The Labute approximate surface area is 105 Å². The van der Waals surface area contributed by atoms with Crippen LogP contribution in [0.5, 0.6) is 0 Å². The third-order valence-electron chi connectivity index (χ3n) is 2.74. The first-order chi connectivity index (χ1) is 8.69. The minimum atomic E-state index is -0.597. The van der Waals surface area contributed by atoms with Crippen molar-refractivity contribution in [2.75, 3.05) is 20.2 Å². The lowest BCUT2D eigenvalue weighted by Crippen LogP contribution is -2.57. The molecule has 1 fully saturated rings. The Kier molecular flexibility index (Phi) is 3.88. The van der Waals surface area contributed by atoms with Crippen LogP contribution in [0.4, 0.5) is 0 Å². The van der Waals surface area contributed by atoms with E-state index in [1.807, 2.05) is 23.1 Å². The van der Waals surface area contributed by atoms with Crippen molar-refractivity contribution < 1.29 is 14.3 Å². The van der Waals surface area contributed by atoms with Crippen molar-refractivity contribution in [2.45, 2.75) is 12.6 Å². The molecule has 1 aliphatic heterocycles. The van der Waals surface area contributed by atoms with Gasteiger partial charge in [-0.2, -0.15) is 0 Å². The van der Waals surface area contributed by atoms with E-state index in [0.717, 1.165) is 5.69 Å². The molecule has 6 heteroatoms. The molecule has 96 valence electrons. The number of nitrogens with zero attached hydrogens (tertiary/aromatic N) is 2. The van der Waals surface area contributed by atoms with Gasteiger partial charge in [0.15, 0.2) is 0 Å². The molecule has 2 heterocycles. The summed E-state index contributed by atoms with van der Waals surface area (Å²) in [7, 11) is 1.31. The Morgan fingerprint density at radius 1 is 1.61 bits per heavy atom. The first-order valence-electron chi connectivity index (χ1n) is 5.68. The summed E-state index contributed by atoms with van der Waals surface area (Å²) in [4.78, 5) is 29.0. The summed E-state index contributed by atoms with van der Waals surface area (Å²) in [5.41, 5.74) is 0.871. The molecule has 0 bridgehead atoms.